The van der Waals surface area contributed by atoms with E-state index < -0.39 is 11.7 Å². The number of hydrogen-bond acceptors (Lipinski definition) is 3. The maximum absolute atomic E-state index is 13.5. The molecule has 2 heterocycles. The van der Waals surface area contributed by atoms with Gasteiger partial charge < -0.3 is 14.4 Å². The summed E-state index contributed by atoms with van der Waals surface area (Å²) in [5, 5.41) is 0.853. The van der Waals surface area contributed by atoms with Crippen LogP contribution in [-0.2, 0) is 18.3 Å². The van der Waals surface area contributed by atoms with Crippen LogP contribution in [0.2, 0.25) is 5.02 Å². The predicted octanol–water partition coefficient (Wildman–Crippen LogP) is 5.89. The third-order valence-electron chi connectivity index (χ3n) is 7.43. The fraction of sp³-hybridized carbons (Fsp3) is 0.433. The van der Waals surface area contributed by atoms with Crippen molar-refractivity contribution in [2.75, 3.05) is 13.1 Å². The van der Waals surface area contributed by atoms with Crippen LogP contribution in [0.15, 0.2) is 42.6 Å². The number of aryl methyl sites for hydroxylation is 1. The summed E-state index contributed by atoms with van der Waals surface area (Å²) in [4.78, 5) is 43.4. The van der Waals surface area contributed by atoms with Crippen molar-refractivity contribution in [3.05, 3.63) is 70.1 Å². The van der Waals surface area contributed by atoms with Gasteiger partial charge in [-0.15, -0.1) is 0 Å². The monoisotopic (exact) mass is 539 g/mol. The molecule has 0 spiro atoms. The van der Waals surface area contributed by atoms with Crippen LogP contribution in [0, 0.1) is 11.7 Å². The first-order valence-corrected chi connectivity index (χ1v) is 13.5. The van der Waals surface area contributed by atoms with Crippen molar-refractivity contribution < 1.29 is 18.8 Å². The average molecular weight is 540 g/mol. The van der Waals surface area contributed by atoms with Crippen LogP contribution in [0.25, 0.3) is 10.9 Å². The number of Topliss-reactive ketones (excluding diaryl/α,β-unsaturated/α-hetero) is 1. The lowest BCUT2D eigenvalue weighted by molar-refractivity contribution is -0.129. The van der Waals surface area contributed by atoms with Crippen molar-refractivity contribution in [1.82, 2.24) is 14.4 Å². The number of piperidine rings is 1. The van der Waals surface area contributed by atoms with Crippen LogP contribution < -0.4 is 0 Å². The van der Waals surface area contributed by atoms with Crippen LogP contribution in [0.1, 0.15) is 66.8 Å². The number of likely N-dealkylation sites (tertiary alicyclic amines) is 1. The molecule has 0 N–H and O–H groups in total. The highest BCUT2D eigenvalue weighted by atomic mass is 35.5. The maximum atomic E-state index is 13.5. The van der Waals surface area contributed by atoms with E-state index in [1.807, 2.05) is 39.8 Å². The van der Waals surface area contributed by atoms with E-state index in [0.29, 0.717) is 40.5 Å². The Hall–Kier alpha value is -3.19. The minimum absolute atomic E-state index is 0.126. The molecule has 1 aromatic heterocycles. The zero-order valence-corrected chi connectivity index (χ0v) is 23.4. The van der Waals surface area contributed by atoms with E-state index in [9.17, 15) is 18.8 Å². The number of carbonyl (C=O) groups excluding carboxylic acids is 3. The van der Waals surface area contributed by atoms with Crippen molar-refractivity contribution in [2.45, 2.75) is 59.0 Å². The van der Waals surface area contributed by atoms with Crippen LogP contribution in [0.4, 0.5) is 4.39 Å². The molecule has 2 amide bonds. The average Bonchev–Trinajstić information content (AvgIpc) is 3.19. The molecule has 202 valence electrons. The molecule has 0 atom stereocenters. The number of amides is 2. The fourth-order valence-electron chi connectivity index (χ4n) is 5.51. The van der Waals surface area contributed by atoms with Crippen molar-refractivity contribution in [2.24, 2.45) is 13.0 Å². The lowest BCUT2D eigenvalue weighted by atomic mass is 9.90. The summed E-state index contributed by atoms with van der Waals surface area (Å²) < 4.78 is 15.0. The lowest BCUT2D eigenvalue weighted by Gasteiger charge is -2.32. The second-order valence-electron chi connectivity index (χ2n) is 10.8. The van der Waals surface area contributed by atoms with Gasteiger partial charge in [0.1, 0.15) is 5.82 Å². The first kappa shape index (κ1) is 27.8. The molecule has 1 fully saturated rings. The SMILES string of the molecule is CC(C)N(C(=O)C(=O)c1cn(C)c2cc(Cl)c(C(=O)N3CCC(Cc4ccc(F)cc4)CC3)cc12)C(C)C. The summed E-state index contributed by atoms with van der Waals surface area (Å²) in [6.07, 6.45) is 4.16. The topological polar surface area (TPSA) is 62.6 Å². The van der Waals surface area contributed by atoms with Gasteiger partial charge in [0.2, 0.25) is 0 Å². The van der Waals surface area contributed by atoms with E-state index >= 15 is 0 Å². The summed E-state index contributed by atoms with van der Waals surface area (Å²) in [5.74, 6) is -1.17. The highest BCUT2D eigenvalue weighted by molar-refractivity contribution is 6.45. The molecule has 0 bridgehead atoms. The quantitative estimate of drug-likeness (QED) is 0.278. The van der Waals surface area contributed by atoms with E-state index in [2.05, 4.69) is 0 Å². The Kier molecular flexibility index (Phi) is 8.26. The number of halogens is 2. The number of hydrogen-bond donors (Lipinski definition) is 0. The van der Waals surface area contributed by atoms with Crippen molar-refractivity contribution in [3.8, 4) is 0 Å². The van der Waals surface area contributed by atoms with Gasteiger partial charge in [0.15, 0.2) is 0 Å². The molecule has 0 unspecified atom stereocenters. The number of benzene rings is 2. The molecule has 2 aromatic carbocycles. The minimum Gasteiger partial charge on any atom is -0.350 e. The van der Waals surface area contributed by atoms with Crippen molar-refractivity contribution in [3.63, 3.8) is 0 Å². The van der Waals surface area contributed by atoms with Crippen LogP contribution in [0.5, 0.6) is 0 Å². The van der Waals surface area contributed by atoms with Gasteiger partial charge in [-0.3, -0.25) is 14.4 Å². The highest BCUT2D eigenvalue weighted by Gasteiger charge is 2.31. The Bertz CT molecular complexity index is 1350. The summed E-state index contributed by atoms with van der Waals surface area (Å²) in [6, 6.07) is 9.67. The van der Waals surface area contributed by atoms with Gasteiger partial charge in [-0.2, -0.15) is 0 Å². The standard InChI is InChI=1S/C30H35ClFN3O3/c1-18(2)35(19(3)4)30(38)28(36)25-17-33(5)27-16-26(31)24(15-23(25)27)29(37)34-12-10-21(11-13-34)14-20-6-8-22(32)9-7-20/h6-9,15-19,21H,10-14H2,1-5H3. The Balaban J connectivity index is 1.55. The summed E-state index contributed by atoms with van der Waals surface area (Å²) in [5.41, 5.74) is 2.37. The van der Waals surface area contributed by atoms with Gasteiger partial charge in [0.25, 0.3) is 17.6 Å². The molecule has 1 aliphatic heterocycles. The highest BCUT2D eigenvalue weighted by Crippen LogP contribution is 2.31. The number of nitrogens with zero attached hydrogens (tertiary/aromatic N) is 3. The van der Waals surface area contributed by atoms with Gasteiger partial charge in [0.05, 0.1) is 21.7 Å². The number of aromatic nitrogens is 1. The van der Waals surface area contributed by atoms with Gasteiger partial charge in [0, 0.05) is 43.8 Å². The molecule has 6 nitrogen and oxygen atoms in total. The van der Waals surface area contributed by atoms with E-state index in [1.54, 1.807) is 39.7 Å². The molecule has 0 aliphatic carbocycles. The van der Waals surface area contributed by atoms with Crippen LogP contribution in [-0.4, -0.2) is 57.1 Å². The normalized spacial score (nSPS) is 14.5. The maximum Gasteiger partial charge on any atom is 0.295 e. The molecule has 38 heavy (non-hydrogen) atoms. The first-order valence-electron chi connectivity index (χ1n) is 13.2. The molecule has 8 heteroatoms. The minimum atomic E-state index is -0.597. The molecule has 1 saturated heterocycles. The molecular weight excluding hydrogens is 505 g/mol. The van der Waals surface area contributed by atoms with E-state index in [4.69, 9.17) is 11.6 Å². The Morgan fingerprint density at radius 2 is 1.61 bits per heavy atom. The third-order valence-corrected chi connectivity index (χ3v) is 7.75. The van der Waals surface area contributed by atoms with E-state index in [0.717, 1.165) is 24.8 Å². The smallest absolute Gasteiger partial charge is 0.295 e. The molecule has 1 aliphatic rings. The molecule has 3 aromatic rings. The number of fused-ring (bicyclic) bond motifs is 1. The third kappa shape index (κ3) is 5.63. The summed E-state index contributed by atoms with van der Waals surface area (Å²) in [6.45, 7) is 8.72. The van der Waals surface area contributed by atoms with E-state index in [-0.39, 0.29) is 29.4 Å². The largest absolute Gasteiger partial charge is 0.350 e. The summed E-state index contributed by atoms with van der Waals surface area (Å²) >= 11 is 6.57. The molecule has 0 saturated carbocycles. The predicted molar refractivity (Wildman–Crippen MR) is 148 cm³/mol. The molecule has 4 rings (SSSR count). The zero-order chi connectivity index (χ0) is 27.7. The van der Waals surface area contributed by atoms with E-state index in [1.165, 1.54) is 12.1 Å². The fourth-order valence-corrected chi connectivity index (χ4v) is 5.75. The van der Waals surface area contributed by atoms with Crippen molar-refractivity contribution >= 4 is 40.1 Å². The Morgan fingerprint density at radius 3 is 2.18 bits per heavy atom. The number of carbonyl (C=O) groups is 3. The van der Waals surface area contributed by atoms with Crippen LogP contribution in [0.3, 0.4) is 0 Å². The van der Waals surface area contributed by atoms with Gasteiger partial charge in [-0.05, 0) is 82.7 Å². The lowest BCUT2D eigenvalue weighted by Crippen LogP contribution is -2.45. The number of ketones is 1. The van der Waals surface area contributed by atoms with Gasteiger partial charge in [-0.1, -0.05) is 23.7 Å². The Labute approximate surface area is 228 Å². The number of rotatable bonds is 7. The summed E-state index contributed by atoms with van der Waals surface area (Å²) in [7, 11) is 1.79. The Morgan fingerprint density at radius 1 is 1.00 bits per heavy atom. The van der Waals surface area contributed by atoms with Crippen molar-refractivity contribution in [1.29, 1.82) is 0 Å². The molecular formula is C30H35ClFN3O3. The first-order chi connectivity index (χ1) is 18.0. The second-order valence-corrected chi connectivity index (χ2v) is 11.2. The van der Waals surface area contributed by atoms with Crippen LogP contribution >= 0.6 is 11.6 Å². The zero-order valence-electron chi connectivity index (χ0n) is 22.6. The van der Waals surface area contributed by atoms with Gasteiger partial charge in [-0.25, -0.2) is 4.39 Å². The van der Waals surface area contributed by atoms with Gasteiger partial charge >= 0.3 is 0 Å². The molecule has 0 radical (unpaired) electrons. The second kappa shape index (κ2) is 11.3.